The van der Waals surface area contributed by atoms with Gasteiger partial charge in [-0.15, -0.1) is 0 Å². The molecule has 0 aromatic heterocycles. The molecule has 0 aliphatic carbocycles. The van der Waals surface area contributed by atoms with Crippen LogP contribution in [0.5, 0.6) is 5.75 Å². The fraction of sp³-hybridized carbons (Fsp3) is 0.273. The van der Waals surface area contributed by atoms with Crippen LogP contribution in [0.2, 0.25) is 0 Å². The van der Waals surface area contributed by atoms with Crippen LogP contribution >= 0.6 is 0 Å². The number of benzene rings is 1. The number of hydrogen-bond donors (Lipinski definition) is 2. The van der Waals surface area contributed by atoms with Gasteiger partial charge in [-0.3, -0.25) is 4.79 Å². The summed E-state index contributed by atoms with van der Waals surface area (Å²) in [5.41, 5.74) is 10.9. The molecule has 0 radical (unpaired) electrons. The van der Waals surface area contributed by atoms with E-state index in [0.29, 0.717) is 0 Å². The summed E-state index contributed by atoms with van der Waals surface area (Å²) in [7, 11) is 1.41. The molecule has 6 heteroatoms. The molecule has 1 rings (SSSR count). The second kappa shape index (κ2) is 5.20. The Morgan fingerprint density at radius 2 is 2.00 bits per heavy atom. The molecule has 0 saturated heterocycles. The Labute approximate surface area is 98.5 Å². The van der Waals surface area contributed by atoms with Crippen LogP contribution in [0, 0.1) is 0 Å². The maximum atomic E-state index is 11.8. The van der Waals surface area contributed by atoms with Crippen LogP contribution in [0.3, 0.4) is 0 Å². The number of nitrogens with two attached hydrogens (primary N) is 2. The third-order valence-corrected chi connectivity index (χ3v) is 2.17. The summed E-state index contributed by atoms with van der Waals surface area (Å²) in [6.45, 7) is 1.38. The summed E-state index contributed by atoms with van der Waals surface area (Å²) >= 11 is 0. The first-order chi connectivity index (χ1) is 7.97. The number of ether oxygens (including phenoxy) is 2. The monoisotopic (exact) mass is 238 g/mol. The van der Waals surface area contributed by atoms with E-state index in [1.807, 2.05) is 0 Å². The fourth-order valence-electron chi connectivity index (χ4n) is 1.21. The van der Waals surface area contributed by atoms with E-state index in [-0.39, 0.29) is 17.0 Å². The molecule has 0 heterocycles. The molecule has 0 spiro atoms. The van der Waals surface area contributed by atoms with Crippen LogP contribution in [0.1, 0.15) is 17.3 Å². The van der Waals surface area contributed by atoms with E-state index >= 15 is 0 Å². The third kappa shape index (κ3) is 2.87. The Hall–Kier alpha value is -2.24. The largest absolute Gasteiger partial charge is 0.496 e. The van der Waals surface area contributed by atoms with Crippen molar-refractivity contribution >= 4 is 17.6 Å². The number of carbonyl (C=O) groups is 2. The number of anilines is 1. The van der Waals surface area contributed by atoms with Crippen molar-refractivity contribution < 1.29 is 19.1 Å². The van der Waals surface area contributed by atoms with E-state index < -0.39 is 18.0 Å². The van der Waals surface area contributed by atoms with Gasteiger partial charge in [0.2, 0.25) is 0 Å². The molecule has 0 aliphatic rings. The molecule has 1 unspecified atom stereocenters. The van der Waals surface area contributed by atoms with Gasteiger partial charge < -0.3 is 20.9 Å². The van der Waals surface area contributed by atoms with Crippen molar-refractivity contribution in [3.05, 3.63) is 23.8 Å². The number of nitrogen functional groups attached to an aromatic ring is 1. The smallest absolute Gasteiger partial charge is 0.344 e. The van der Waals surface area contributed by atoms with Gasteiger partial charge in [0.1, 0.15) is 11.3 Å². The normalized spacial score (nSPS) is 11.6. The Morgan fingerprint density at radius 1 is 1.35 bits per heavy atom. The van der Waals surface area contributed by atoms with E-state index in [2.05, 4.69) is 0 Å². The maximum absolute atomic E-state index is 11.8. The predicted octanol–water partition coefficient (Wildman–Crippen LogP) is 0.308. The highest BCUT2D eigenvalue weighted by Gasteiger charge is 2.21. The average Bonchev–Trinajstić information content (AvgIpc) is 2.27. The van der Waals surface area contributed by atoms with Crippen LogP contribution in [-0.2, 0) is 9.53 Å². The molecule has 0 saturated carbocycles. The van der Waals surface area contributed by atoms with Crippen molar-refractivity contribution in [3.63, 3.8) is 0 Å². The molecule has 4 N–H and O–H groups in total. The van der Waals surface area contributed by atoms with Crippen LogP contribution in [0.15, 0.2) is 18.2 Å². The minimum absolute atomic E-state index is 0.0862. The predicted molar refractivity (Wildman–Crippen MR) is 61.5 cm³/mol. The summed E-state index contributed by atoms with van der Waals surface area (Å²) < 4.78 is 9.84. The van der Waals surface area contributed by atoms with Gasteiger partial charge in [-0.25, -0.2) is 4.79 Å². The molecule has 92 valence electrons. The zero-order chi connectivity index (χ0) is 13.0. The molecule has 0 fully saturated rings. The van der Waals surface area contributed by atoms with Crippen LogP contribution < -0.4 is 16.2 Å². The summed E-state index contributed by atoms with van der Waals surface area (Å²) in [5.74, 6) is -1.19. The first kappa shape index (κ1) is 12.8. The van der Waals surface area contributed by atoms with Gasteiger partial charge in [0.15, 0.2) is 6.10 Å². The zero-order valence-electron chi connectivity index (χ0n) is 9.60. The topological polar surface area (TPSA) is 105 Å². The SMILES string of the molecule is COc1cccc(N)c1C(=O)OC(C)C(N)=O. The van der Waals surface area contributed by atoms with Gasteiger partial charge in [-0.05, 0) is 19.1 Å². The molecule has 1 aromatic carbocycles. The first-order valence-corrected chi connectivity index (χ1v) is 4.90. The number of esters is 1. The van der Waals surface area contributed by atoms with E-state index in [9.17, 15) is 9.59 Å². The summed E-state index contributed by atoms with van der Waals surface area (Å²) in [6, 6.07) is 4.75. The van der Waals surface area contributed by atoms with Gasteiger partial charge in [0, 0.05) is 5.69 Å². The van der Waals surface area contributed by atoms with Crippen LogP contribution in [-0.4, -0.2) is 25.1 Å². The highest BCUT2D eigenvalue weighted by atomic mass is 16.5. The van der Waals surface area contributed by atoms with Crippen molar-refractivity contribution in [1.82, 2.24) is 0 Å². The standard InChI is InChI=1S/C11H14N2O4/c1-6(10(13)14)17-11(15)9-7(12)4-3-5-8(9)16-2/h3-6H,12H2,1-2H3,(H2,13,14). The molecule has 1 atom stereocenters. The Balaban J connectivity index is 3.00. The number of amides is 1. The lowest BCUT2D eigenvalue weighted by Crippen LogP contribution is -2.30. The number of methoxy groups -OCH3 is 1. The molecule has 0 aliphatic heterocycles. The lowest BCUT2D eigenvalue weighted by atomic mass is 10.1. The molecular formula is C11H14N2O4. The Kier molecular flexibility index (Phi) is 3.92. The molecule has 1 aromatic rings. The number of rotatable bonds is 4. The minimum atomic E-state index is -1.02. The maximum Gasteiger partial charge on any atom is 0.344 e. The number of primary amides is 1. The van der Waals surface area contributed by atoms with Crippen molar-refractivity contribution in [1.29, 1.82) is 0 Å². The number of carbonyl (C=O) groups excluding carboxylic acids is 2. The van der Waals surface area contributed by atoms with Crippen molar-refractivity contribution in [2.75, 3.05) is 12.8 Å². The van der Waals surface area contributed by atoms with Gasteiger partial charge >= 0.3 is 5.97 Å². The van der Waals surface area contributed by atoms with Gasteiger partial charge in [0.25, 0.3) is 5.91 Å². The second-order valence-electron chi connectivity index (χ2n) is 3.37. The van der Waals surface area contributed by atoms with Crippen molar-refractivity contribution in [3.8, 4) is 5.75 Å². The lowest BCUT2D eigenvalue weighted by molar-refractivity contribution is -0.125. The van der Waals surface area contributed by atoms with Crippen molar-refractivity contribution in [2.24, 2.45) is 5.73 Å². The lowest BCUT2D eigenvalue weighted by Gasteiger charge is -2.13. The average molecular weight is 238 g/mol. The van der Waals surface area contributed by atoms with E-state index in [1.54, 1.807) is 12.1 Å². The van der Waals surface area contributed by atoms with Gasteiger partial charge in [-0.2, -0.15) is 0 Å². The summed E-state index contributed by atoms with van der Waals surface area (Å²) in [6.07, 6.45) is -1.02. The molecule has 0 bridgehead atoms. The van der Waals surface area contributed by atoms with Crippen LogP contribution in [0.25, 0.3) is 0 Å². The zero-order valence-corrected chi connectivity index (χ0v) is 9.60. The van der Waals surface area contributed by atoms with E-state index in [0.717, 1.165) is 0 Å². The van der Waals surface area contributed by atoms with E-state index in [4.69, 9.17) is 20.9 Å². The summed E-state index contributed by atoms with van der Waals surface area (Å²) in [4.78, 5) is 22.6. The van der Waals surface area contributed by atoms with Crippen molar-refractivity contribution in [2.45, 2.75) is 13.0 Å². The minimum Gasteiger partial charge on any atom is -0.496 e. The third-order valence-electron chi connectivity index (χ3n) is 2.17. The number of hydrogen-bond acceptors (Lipinski definition) is 5. The highest BCUT2D eigenvalue weighted by molar-refractivity contribution is 5.99. The van der Waals surface area contributed by atoms with Crippen LogP contribution in [0.4, 0.5) is 5.69 Å². The van der Waals surface area contributed by atoms with E-state index in [1.165, 1.54) is 20.1 Å². The molecular weight excluding hydrogens is 224 g/mol. The Morgan fingerprint density at radius 3 is 2.53 bits per heavy atom. The highest BCUT2D eigenvalue weighted by Crippen LogP contribution is 2.25. The molecule has 6 nitrogen and oxygen atoms in total. The summed E-state index contributed by atoms with van der Waals surface area (Å²) in [5, 5.41) is 0. The molecule has 1 amide bonds. The van der Waals surface area contributed by atoms with Gasteiger partial charge in [0.05, 0.1) is 7.11 Å². The van der Waals surface area contributed by atoms with Gasteiger partial charge in [-0.1, -0.05) is 6.07 Å². The Bertz CT molecular complexity index is 445. The fourth-order valence-corrected chi connectivity index (χ4v) is 1.21. The molecule has 17 heavy (non-hydrogen) atoms. The first-order valence-electron chi connectivity index (χ1n) is 4.90. The second-order valence-corrected chi connectivity index (χ2v) is 3.37. The quantitative estimate of drug-likeness (QED) is 0.580.